The Kier molecular flexibility index (Phi) is 6.67. The fourth-order valence-corrected chi connectivity index (χ4v) is 3.23. The van der Waals surface area contributed by atoms with E-state index in [1.807, 2.05) is 55.9 Å². The fraction of sp³-hybridized carbons (Fsp3) is 0.227. The molecule has 6 nitrogen and oxygen atoms in total. The highest BCUT2D eigenvalue weighted by Crippen LogP contribution is 2.13. The molecule has 150 valence electrons. The second kappa shape index (κ2) is 9.39. The van der Waals surface area contributed by atoms with Crippen LogP contribution in [0, 0.1) is 13.8 Å². The van der Waals surface area contributed by atoms with Gasteiger partial charge in [0.2, 0.25) is 5.96 Å². The zero-order valence-electron chi connectivity index (χ0n) is 16.7. The number of rotatable bonds is 5. The van der Waals surface area contributed by atoms with Gasteiger partial charge in [0.15, 0.2) is 0 Å². The highest BCUT2D eigenvalue weighted by molar-refractivity contribution is 6.31. The number of hydrogen-bond donors (Lipinski definition) is 2. The molecule has 0 aliphatic carbocycles. The van der Waals surface area contributed by atoms with Crippen LogP contribution < -0.4 is 10.6 Å². The lowest BCUT2D eigenvalue weighted by Crippen LogP contribution is -2.36. The highest BCUT2D eigenvalue weighted by atomic mass is 35.5. The molecule has 1 heterocycles. The molecule has 0 aliphatic rings. The van der Waals surface area contributed by atoms with Crippen molar-refractivity contribution in [2.75, 3.05) is 11.9 Å². The quantitative estimate of drug-likeness (QED) is 0.491. The van der Waals surface area contributed by atoms with Crippen molar-refractivity contribution in [3.63, 3.8) is 0 Å². The van der Waals surface area contributed by atoms with Crippen molar-refractivity contribution in [2.45, 2.75) is 20.3 Å². The summed E-state index contributed by atoms with van der Waals surface area (Å²) in [6.07, 6.45) is 0.735. The summed E-state index contributed by atoms with van der Waals surface area (Å²) in [5.74, 6) is 0.115. The van der Waals surface area contributed by atoms with E-state index in [9.17, 15) is 4.79 Å². The monoisotopic (exact) mass is 409 g/mol. The summed E-state index contributed by atoms with van der Waals surface area (Å²) in [5, 5.41) is 11.0. The number of aryl methyl sites for hydroxylation is 2. The predicted octanol–water partition coefficient (Wildman–Crippen LogP) is 4.13. The molecule has 0 atom stereocenters. The number of nitrogens with zero attached hydrogens (tertiary/aromatic N) is 3. The maximum absolute atomic E-state index is 12.6. The molecule has 0 radical (unpaired) electrons. The number of guanidine groups is 1. The van der Waals surface area contributed by atoms with Gasteiger partial charge in [-0.1, -0.05) is 35.9 Å². The van der Waals surface area contributed by atoms with Crippen molar-refractivity contribution < 1.29 is 4.79 Å². The standard InChI is InChI=1S/C22H24ClN5O/c1-15-20(16(2)28(3)27-15)12-13-24-22(25-19-10-5-4-6-11-19)26-21(29)17-8-7-9-18(23)14-17/h4-11,14H,12-13H2,1-3H3,(H2,24,25,26,29). The van der Waals surface area contributed by atoms with Crippen LogP contribution in [0.5, 0.6) is 0 Å². The van der Waals surface area contributed by atoms with Crippen LogP contribution in [0.1, 0.15) is 27.3 Å². The van der Waals surface area contributed by atoms with Crippen molar-refractivity contribution in [2.24, 2.45) is 12.0 Å². The van der Waals surface area contributed by atoms with Crippen molar-refractivity contribution in [3.05, 3.63) is 82.1 Å². The molecule has 29 heavy (non-hydrogen) atoms. The van der Waals surface area contributed by atoms with E-state index in [-0.39, 0.29) is 5.91 Å². The van der Waals surface area contributed by atoms with Gasteiger partial charge in [0.05, 0.1) is 5.69 Å². The van der Waals surface area contributed by atoms with E-state index in [4.69, 9.17) is 11.6 Å². The van der Waals surface area contributed by atoms with Crippen LogP contribution in [0.2, 0.25) is 5.02 Å². The lowest BCUT2D eigenvalue weighted by atomic mass is 10.1. The summed E-state index contributed by atoms with van der Waals surface area (Å²) < 4.78 is 1.87. The normalized spacial score (nSPS) is 11.4. The summed E-state index contributed by atoms with van der Waals surface area (Å²) >= 11 is 6.00. The summed E-state index contributed by atoms with van der Waals surface area (Å²) in [6.45, 7) is 4.55. The van der Waals surface area contributed by atoms with Gasteiger partial charge in [-0.3, -0.25) is 19.8 Å². The number of halogens is 1. The Labute approximate surface area is 175 Å². The van der Waals surface area contributed by atoms with Crippen molar-refractivity contribution in [3.8, 4) is 0 Å². The van der Waals surface area contributed by atoms with Crippen molar-refractivity contribution in [1.82, 2.24) is 15.1 Å². The Balaban J connectivity index is 1.76. The Morgan fingerprint density at radius 1 is 1.14 bits per heavy atom. The van der Waals surface area contributed by atoms with Crippen LogP contribution in [0.4, 0.5) is 5.69 Å². The van der Waals surface area contributed by atoms with Gasteiger partial charge in [-0.05, 0) is 56.2 Å². The van der Waals surface area contributed by atoms with Gasteiger partial charge < -0.3 is 5.32 Å². The first-order valence-electron chi connectivity index (χ1n) is 9.36. The largest absolute Gasteiger partial charge is 0.326 e. The molecule has 2 N–H and O–H groups in total. The molecule has 0 saturated carbocycles. The van der Waals surface area contributed by atoms with E-state index in [0.29, 0.717) is 23.1 Å². The molecular formula is C22H24ClN5O. The second-order valence-electron chi connectivity index (χ2n) is 6.71. The van der Waals surface area contributed by atoms with Crippen LogP contribution in [-0.4, -0.2) is 28.2 Å². The maximum atomic E-state index is 12.6. The Morgan fingerprint density at radius 3 is 2.55 bits per heavy atom. The number of carbonyl (C=O) groups excluding carboxylic acids is 1. The number of carbonyl (C=O) groups is 1. The lowest BCUT2D eigenvalue weighted by Gasteiger charge is -2.12. The first-order chi connectivity index (χ1) is 13.9. The number of benzene rings is 2. The molecule has 3 aromatic rings. The first-order valence-corrected chi connectivity index (χ1v) is 9.74. The molecule has 1 aromatic heterocycles. The number of amides is 1. The molecule has 1 amide bonds. The molecule has 0 fully saturated rings. The Hall–Kier alpha value is -3.12. The summed E-state index contributed by atoms with van der Waals surface area (Å²) in [5.41, 5.74) is 4.61. The van der Waals surface area contributed by atoms with E-state index >= 15 is 0 Å². The van der Waals surface area contributed by atoms with E-state index in [1.165, 1.54) is 5.56 Å². The minimum Gasteiger partial charge on any atom is -0.326 e. The number of anilines is 1. The molecule has 0 bridgehead atoms. The smallest absolute Gasteiger partial charge is 0.258 e. The minimum absolute atomic E-state index is 0.275. The predicted molar refractivity (Wildman–Crippen MR) is 118 cm³/mol. The average Bonchev–Trinajstić information content (AvgIpc) is 2.94. The summed E-state index contributed by atoms with van der Waals surface area (Å²) in [7, 11) is 1.93. The molecule has 0 spiro atoms. The van der Waals surface area contributed by atoms with Gasteiger partial charge in [-0.15, -0.1) is 0 Å². The molecule has 0 unspecified atom stereocenters. The topological polar surface area (TPSA) is 71.3 Å². The van der Waals surface area contributed by atoms with Gasteiger partial charge in [-0.25, -0.2) is 0 Å². The van der Waals surface area contributed by atoms with Gasteiger partial charge in [-0.2, -0.15) is 5.10 Å². The number of hydrogen-bond acceptors (Lipinski definition) is 3. The van der Waals surface area contributed by atoms with Gasteiger partial charge in [0.25, 0.3) is 5.91 Å². The third-order valence-electron chi connectivity index (χ3n) is 4.65. The molecule has 0 saturated heterocycles. The van der Waals surface area contributed by atoms with Crippen molar-refractivity contribution in [1.29, 1.82) is 0 Å². The van der Waals surface area contributed by atoms with E-state index in [0.717, 1.165) is 23.5 Å². The molecule has 0 aliphatic heterocycles. The zero-order valence-corrected chi connectivity index (χ0v) is 17.5. The Bertz CT molecular complexity index is 1030. The minimum atomic E-state index is -0.275. The van der Waals surface area contributed by atoms with Gasteiger partial charge >= 0.3 is 0 Å². The molecule has 7 heteroatoms. The van der Waals surface area contributed by atoms with Crippen LogP contribution >= 0.6 is 11.6 Å². The maximum Gasteiger partial charge on any atom is 0.258 e. The highest BCUT2D eigenvalue weighted by Gasteiger charge is 2.11. The molecular weight excluding hydrogens is 386 g/mol. The summed E-state index contributed by atoms with van der Waals surface area (Å²) in [4.78, 5) is 17.2. The third kappa shape index (κ3) is 5.45. The van der Waals surface area contributed by atoms with E-state index in [1.54, 1.807) is 24.3 Å². The van der Waals surface area contributed by atoms with E-state index in [2.05, 4.69) is 20.7 Å². The molecule has 2 aromatic carbocycles. The average molecular weight is 410 g/mol. The zero-order chi connectivity index (χ0) is 20.8. The van der Waals surface area contributed by atoms with Crippen LogP contribution in [0.3, 0.4) is 0 Å². The van der Waals surface area contributed by atoms with Gasteiger partial charge in [0, 0.05) is 35.6 Å². The number of para-hydroxylation sites is 1. The van der Waals surface area contributed by atoms with Crippen molar-refractivity contribution >= 4 is 29.2 Å². The van der Waals surface area contributed by atoms with Crippen LogP contribution in [-0.2, 0) is 13.5 Å². The second-order valence-corrected chi connectivity index (χ2v) is 7.15. The molecule has 3 rings (SSSR count). The van der Waals surface area contributed by atoms with E-state index < -0.39 is 0 Å². The number of aromatic nitrogens is 2. The number of aliphatic imine (C=N–C) groups is 1. The Morgan fingerprint density at radius 2 is 1.90 bits per heavy atom. The van der Waals surface area contributed by atoms with Gasteiger partial charge in [0.1, 0.15) is 0 Å². The fourth-order valence-electron chi connectivity index (χ4n) is 3.04. The SMILES string of the molecule is Cc1nn(C)c(C)c1CCN=C(NC(=O)c1cccc(Cl)c1)Nc1ccccc1. The third-order valence-corrected chi connectivity index (χ3v) is 4.88. The lowest BCUT2D eigenvalue weighted by molar-refractivity contribution is 0.0977. The number of nitrogens with one attached hydrogen (secondary N) is 2. The first kappa shape index (κ1) is 20.6. The van der Waals surface area contributed by atoms with Crippen LogP contribution in [0.15, 0.2) is 59.6 Å². The summed E-state index contributed by atoms with van der Waals surface area (Å²) in [6, 6.07) is 16.4. The van der Waals surface area contributed by atoms with Crippen LogP contribution in [0.25, 0.3) is 0 Å².